The topological polar surface area (TPSA) is 66.6 Å². The molecule has 0 aromatic heterocycles. The van der Waals surface area contributed by atoms with Crippen molar-refractivity contribution in [3.8, 4) is 0 Å². The number of aryl methyl sites for hydroxylation is 1. The van der Waals surface area contributed by atoms with E-state index in [0.29, 0.717) is 32.0 Å². The molecule has 25 heavy (non-hydrogen) atoms. The van der Waals surface area contributed by atoms with E-state index in [1.807, 2.05) is 28.9 Å². The molecule has 0 radical (unpaired) electrons. The molecule has 0 spiro atoms. The minimum absolute atomic E-state index is 0. The first-order valence-electron chi connectivity index (χ1n) is 8.81. The molecule has 3 rings (SSSR count). The summed E-state index contributed by atoms with van der Waals surface area (Å²) in [7, 11) is 0. The molecule has 6 heteroatoms. The first-order valence-corrected chi connectivity index (χ1v) is 8.81. The van der Waals surface area contributed by atoms with E-state index < -0.39 is 0 Å². The number of hydrogen-bond donors (Lipinski definition) is 1. The van der Waals surface area contributed by atoms with Crippen molar-refractivity contribution in [2.45, 2.75) is 39.3 Å². The van der Waals surface area contributed by atoms with Gasteiger partial charge in [-0.25, -0.2) is 0 Å². The average molecular weight is 366 g/mol. The summed E-state index contributed by atoms with van der Waals surface area (Å²) in [6, 6.07) is 8.43. The van der Waals surface area contributed by atoms with Crippen molar-refractivity contribution in [2.75, 3.05) is 19.6 Å². The van der Waals surface area contributed by atoms with Crippen molar-refractivity contribution in [3.63, 3.8) is 0 Å². The molecule has 138 valence electrons. The summed E-state index contributed by atoms with van der Waals surface area (Å²) >= 11 is 0. The molecule has 2 aliphatic rings. The highest BCUT2D eigenvalue weighted by Crippen LogP contribution is 2.28. The molecule has 1 aromatic carbocycles. The zero-order valence-electron chi connectivity index (χ0n) is 15.0. The molecule has 0 bridgehead atoms. The van der Waals surface area contributed by atoms with E-state index in [9.17, 15) is 9.59 Å². The predicted molar refractivity (Wildman–Crippen MR) is 100 cm³/mol. The third-order valence-electron chi connectivity index (χ3n) is 5.34. The van der Waals surface area contributed by atoms with Crippen LogP contribution in [0.2, 0.25) is 0 Å². The lowest BCUT2D eigenvalue weighted by Crippen LogP contribution is -2.39. The Morgan fingerprint density at radius 3 is 2.52 bits per heavy atom. The van der Waals surface area contributed by atoms with Crippen LogP contribution in [0.5, 0.6) is 0 Å². The maximum atomic E-state index is 12.8. The Kier molecular flexibility index (Phi) is 6.47. The lowest BCUT2D eigenvalue weighted by molar-refractivity contribution is -0.136. The van der Waals surface area contributed by atoms with E-state index in [4.69, 9.17) is 5.73 Å². The van der Waals surface area contributed by atoms with Crippen LogP contribution < -0.4 is 5.73 Å². The van der Waals surface area contributed by atoms with Crippen LogP contribution >= 0.6 is 12.4 Å². The smallest absolute Gasteiger partial charge is 0.228 e. The first kappa shape index (κ1) is 19.7. The molecule has 3 unspecified atom stereocenters. The Bertz CT molecular complexity index is 620. The van der Waals surface area contributed by atoms with Gasteiger partial charge in [0.25, 0.3) is 0 Å². The number of halogens is 1. The predicted octanol–water partition coefficient (Wildman–Crippen LogP) is 1.96. The van der Waals surface area contributed by atoms with Crippen LogP contribution in [0.15, 0.2) is 24.3 Å². The summed E-state index contributed by atoms with van der Waals surface area (Å²) < 4.78 is 0. The third kappa shape index (κ3) is 4.33. The number of likely N-dealkylation sites (tertiary alicyclic amines) is 2. The Balaban J connectivity index is 0.00000225. The molecule has 2 saturated heterocycles. The van der Waals surface area contributed by atoms with Gasteiger partial charge in [0.05, 0.1) is 5.92 Å². The van der Waals surface area contributed by atoms with Crippen LogP contribution in [0.1, 0.15) is 30.9 Å². The summed E-state index contributed by atoms with van der Waals surface area (Å²) in [5.41, 5.74) is 8.07. The first-order chi connectivity index (χ1) is 11.5. The highest BCUT2D eigenvalue weighted by molar-refractivity contribution is 5.89. The largest absolute Gasteiger partial charge is 0.339 e. The van der Waals surface area contributed by atoms with Gasteiger partial charge in [-0.15, -0.1) is 12.4 Å². The van der Waals surface area contributed by atoms with Gasteiger partial charge in [-0.3, -0.25) is 9.59 Å². The average Bonchev–Trinajstić information content (AvgIpc) is 3.12. The lowest BCUT2D eigenvalue weighted by Gasteiger charge is -2.25. The molecule has 2 heterocycles. The van der Waals surface area contributed by atoms with Crippen molar-refractivity contribution in [3.05, 3.63) is 35.4 Å². The van der Waals surface area contributed by atoms with Crippen molar-refractivity contribution < 1.29 is 9.59 Å². The fourth-order valence-electron chi connectivity index (χ4n) is 3.86. The molecule has 2 aliphatic heterocycles. The fourth-order valence-corrected chi connectivity index (χ4v) is 3.86. The molecule has 5 nitrogen and oxygen atoms in total. The fraction of sp³-hybridized carbons (Fsp3) is 0.579. The van der Waals surface area contributed by atoms with E-state index >= 15 is 0 Å². The lowest BCUT2D eigenvalue weighted by atomic mass is 10.1. The number of hydrogen-bond acceptors (Lipinski definition) is 3. The van der Waals surface area contributed by atoms with Crippen molar-refractivity contribution in [1.82, 2.24) is 9.80 Å². The second kappa shape index (κ2) is 8.19. The van der Waals surface area contributed by atoms with E-state index in [1.165, 1.54) is 5.56 Å². The second-order valence-electron chi connectivity index (χ2n) is 7.34. The summed E-state index contributed by atoms with van der Waals surface area (Å²) in [5, 5.41) is 0. The molecule has 2 fully saturated rings. The van der Waals surface area contributed by atoms with Crippen LogP contribution in [0.4, 0.5) is 0 Å². The standard InChI is InChI=1S/C19H27N3O2.ClH/c1-13-3-5-15(6-4-13)10-21-12-17(8-18(21)23)19(24)22-11-16(9-20)7-14(22)2;/h3-6,14,16-17H,7-12,20H2,1-2H3;1H. The summed E-state index contributed by atoms with van der Waals surface area (Å²) in [6.07, 6.45) is 1.30. The number of amides is 2. The van der Waals surface area contributed by atoms with Crippen LogP contribution in [0, 0.1) is 18.8 Å². The van der Waals surface area contributed by atoms with Gasteiger partial charge in [-0.1, -0.05) is 29.8 Å². The molecule has 2 amide bonds. The summed E-state index contributed by atoms with van der Waals surface area (Å²) in [6.45, 7) is 6.60. The van der Waals surface area contributed by atoms with Gasteiger partial charge in [0, 0.05) is 32.1 Å². The quantitative estimate of drug-likeness (QED) is 0.886. The van der Waals surface area contributed by atoms with E-state index in [2.05, 4.69) is 19.1 Å². The highest BCUT2D eigenvalue weighted by Gasteiger charge is 2.40. The zero-order valence-corrected chi connectivity index (χ0v) is 15.8. The maximum Gasteiger partial charge on any atom is 0.228 e. The van der Waals surface area contributed by atoms with Gasteiger partial charge in [0.2, 0.25) is 11.8 Å². The molecule has 0 aliphatic carbocycles. The molecule has 2 N–H and O–H groups in total. The van der Waals surface area contributed by atoms with Crippen LogP contribution in [-0.4, -0.2) is 47.3 Å². The molecular weight excluding hydrogens is 338 g/mol. The minimum Gasteiger partial charge on any atom is -0.339 e. The Morgan fingerprint density at radius 2 is 1.92 bits per heavy atom. The number of benzene rings is 1. The Hall–Kier alpha value is -1.59. The van der Waals surface area contributed by atoms with Crippen LogP contribution in [0.3, 0.4) is 0 Å². The number of nitrogens with two attached hydrogens (primary N) is 1. The summed E-state index contributed by atoms with van der Waals surface area (Å²) in [5.74, 6) is 0.390. The SMILES string of the molecule is Cc1ccc(CN2CC(C(=O)N3CC(CN)CC3C)CC2=O)cc1.Cl. The molecular formula is C19H28ClN3O2. The van der Waals surface area contributed by atoms with Gasteiger partial charge in [0.1, 0.15) is 0 Å². The van der Waals surface area contributed by atoms with Gasteiger partial charge in [-0.2, -0.15) is 0 Å². The van der Waals surface area contributed by atoms with E-state index in [-0.39, 0.29) is 36.2 Å². The zero-order chi connectivity index (χ0) is 17.3. The number of carbonyl (C=O) groups excluding carboxylic acids is 2. The normalized spacial score (nSPS) is 26.0. The van der Waals surface area contributed by atoms with Crippen LogP contribution in [0.25, 0.3) is 0 Å². The Morgan fingerprint density at radius 1 is 1.24 bits per heavy atom. The van der Waals surface area contributed by atoms with Gasteiger partial charge >= 0.3 is 0 Å². The number of rotatable bonds is 4. The maximum absolute atomic E-state index is 12.8. The molecule has 0 saturated carbocycles. The van der Waals surface area contributed by atoms with Gasteiger partial charge < -0.3 is 15.5 Å². The molecule has 1 aromatic rings. The van der Waals surface area contributed by atoms with Crippen molar-refractivity contribution in [2.24, 2.45) is 17.6 Å². The molecule has 3 atom stereocenters. The monoisotopic (exact) mass is 365 g/mol. The van der Waals surface area contributed by atoms with E-state index in [0.717, 1.165) is 18.5 Å². The number of nitrogens with zero attached hydrogens (tertiary/aromatic N) is 2. The highest BCUT2D eigenvalue weighted by atomic mass is 35.5. The summed E-state index contributed by atoms with van der Waals surface area (Å²) in [4.78, 5) is 28.9. The second-order valence-corrected chi connectivity index (χ2v) is 7.34. The Labute approximate surface area is 155 Å². The van der Waals surface area contributed by atoms with Gasteiger partial charge in [0.15, 0.2) is 0 Å². The van der Waals surface area contributed by atoms with Crippen LogP contribution in [-0.2, 0) is 16.1 Å². The van der Waals surface area contributed by atoms with E-state index in [1.54, 1.807) is 0 Å². The third-order valence-corrected chi connectivity index (χ3v) is 5.34. The number of carbonyl (C=O) groups is 2. The minimum atomic E-state index is -0.207. The van der Waals surface area contributed by atoms with Crippen molar-refractivity contribution >= 4 is 24.2 Å². The van der Waals surface area contributed by atoms with Crippen molar-refractivity contribution in [1.29, 1.82) is 0 Å². The van der Waals surface area contributed by atoms with Gasteiger partial charge in [-0.05, 0) is 38.3 Å².